The molecule has 1 aromatic carbocycles. The molecule has 0 saturated carbocycles. The van der Waals surface area contributed by atoms with E-state index in [-0.39, 0.29) is 11.7 Å². The number of ether oxygens (including phenoxy) is 1. The number of tetrazole rings is 1. The van der Waals surface area contributed by atoms with Crippen LogP contribution >= 0.6 is 11.8 Å². The number of hydrogen-bond donors (Lipinski definition) is 1. The second-order valence-corrected chi connectivity index (χ2v) is 7.17. The van der Waals surface area contributed by atoms with Crippen LogP contribution in [0.15, 0.2) is 29.4 Å². The number of nitrogens with zero attached hydrogens (tertiary/aromatic N) is 4. The molecule has 0 bridgehead atoms. The molecule has 0 aliphatic rings. The number of nitrogens with one attached hydrogen (secondary N) is 1. The van der Waals surface area contributed by atoms with E-state index in [1.807, 2.05) is 13.8 Å². The van der Waals surface area contributed by atoms with Crippen molar-refractivity contribution in [3.63, 3.8) is 0 Å². The van der Waals surface area contributed by atoms with E-state index in [1.165, 1.54) is 23.9 Å². The molecule has 2 rings (SSSR count). The molecule has 7 nitrogen and oxygen atoms in total. The molecule has 0 fully saturated rings. The molecule has 1 amide bonds. The maximum absolute atomic E-state index is 12.3. The van der Waals surface area contributed by atoms with Crippen molar-refractivity contribution in [1.82, 2.24) is 20.2 Å². The van der Waals surface area contributed by atoms with Crippen molar-refractivity contribution < 1.29 is 22.7 Å². The van der Waals surface area contributed by atoms with Crippen molar-refractivity contribution in [2.45, 2.75) is 44.1 Å². The van der Waals surface area contributed by atoms with Gasteiger partial charge in [0.15, 0.2) is 0 Å². The predicted octanol–water partition coefficient (Wildman–Crippen LogP) is 3.35. The maximum atomic E-state index is 12.3. The average molecular weight is 389 g/mol. The fraction of sp³-hybridized carbons (Fsp3) is 0.467. The van der Waals surface area contributed by atoms with Gasteiger partial charge >= 0.3 is 6.36 Å². The largest absolute Gasteiger partial charge is 0.573 e. The normalized spacial score (nSPS) is 12.9. The molecule has 0 spiro atoms. The third kappa shape index (κ3) is 6.21. The van der Waals surface area contributed by atoms with Gasteiger partial charge < -0.3 is 10.1 Å². The zero-order valence-corrected chi connectivity index (χ0v) is 15.1. The van der Waals surface area contributed by atoms with E-state index in [9.17, 15) is 18.0 Å². The van der Waals surface area contributed by atoms with Gasteiger partial charge in [-0.3, -0.25) is 4.79 Å². The van der Waals surface area contributed by atoms with Crippen molar-refractivity contribution in [3.8, 4) is 5.75 Å². The number of alkyl halides is 3. The van der Waals surface area contributed by atoms with Gasteiger partial charge in [-0.15, -0.1) is 18.3 Å². The van der Waals surface area contributed by atoms with Crippen molar-refractivity contribution in [2.24, 2.45) is 5.92 Å². The van der Waals surface area contributed by atoms with E-state index in [4.69, 9.17) is 0 Å². The summed E-state index contributed by atoms with van der Waals surface area (Å²) < 4.78 is 41.8. The summed E-state index contributed by atoms with van der Waals surface area (Å²) in [5.74, 6) is -0.330. The number of carbonyl (C=O) groups excluding carboxylic acids is 1. The number of thioether (sulfide) groups is 1. The third-order valence-electron chi connectivity index (χ3n) is 3.04. The highest BCUT2D eigenvalue weighted by atomic mass is 32.2. The standard InChI is InChI=1S/C15H18F3N5O2S/c1-9(2)8-23-14(20-21-22-23)26-10(3)13(24)19-11-4-6-12(7-5-11)25-15(16,17)18/h4-7,9-10H,8H2,1-3H3,(H,19,24). The van der Waals surface area contributed by atoms with Crippen LogP contribution in [0.2, 0.25) is 0 Å². The van der Waals surface area contributed by atoms with E-state index in [1.54, 1.807) is 11.6 Å². The highest BCUT2D eigenvalue weighted by Gasteiger charge is 2.31. The van der Waals surface area contributed by atoms with Crippen LogP contribution in [0.4, 0.5) is 18.9 Å². The fourth-order valence-electron chi connectivity index (χ4n) is 1.94. The maximum Gasteiger partial charge on any atom is 0.573 e. The summed E-state index contributed by atoms with van der Waals surface area (Å²) in [6.07, 6.45) is -4.75. The van der Waals surface area contributed by atoms with Gasteiger partial charge in [-0.2, -0.15) is 0 Å². The molecular formula is C15H18F3N5O2S. The van der Waals surface area contributed by atoms with Gasteiger partial charge in [-0.05, 0) is 47.5 Å². The SMILES string of the molecule is CC(C)Cn1nnnc1SC(C)C(=O)Nc1ccc(OC(F)(F)F)cc1. The molecule has 1 heterocycles. The first-order valence-electron chi connectivity index (χ1n) is 7.73. The number of hydrogen-bond acceptors (Lipinski definition) is 6. The number of amides is 1. The van der Waals surface area contributed by atoms with Crippen LogP contribution in [0.5, 0.6) is 5.75 Å². The van der Waals surface area contributed by atoms with Crippen LogP contribution in [0.1, 0.15) is 20.8 Å². The first kappa shape index (κ1) is 20.0. The highest BCUT2D eigenvalue weighted by molar-refractivity contribution is 8.00. The number of benzene rings is 1. The van der Waals surface area contributed by atoms with E-state index in [2.05, 4.69) is 25.6 Å². The topological polar surface area (TPSA) is 81.9 Å². The number of rotatable bonds is 7. The molecule has 1 aromatic heterocycles. The molecular weight excluding hydrogens is 371 g/mol. The Bertz CT molecular complexity index is 734. The fourth-order valence-corrected chi connectivity index (χ4v) is 2.74. The Balaban J connectivity index is 1.94. The van der Waals surface area contributed by atoms with Crippen LogP contribution in [0, 0.1) is 5.92 Å². The molecule has 1 unspecified atom stereocenters. The number of halogens is 3. The smallest absolute Gasteiger partial charge is 0.406 e. The Morgan fingerprint density at radius 3 is 2.50 bits per heavy atom. The lowest BCUT2D eigenvalue weighted by atomic mass is 10.2. The molecule has 0 aliphatic heterocycles. The summed E-state index contributed by atoms with van der Waals surface area (Å²) in [6.45, 7) is 6.37. The van der Waals surface area contributed by atoms with E-state index < -0.39 is 11.6 Å². The van der Waals surface area contributed by atoms with Crippen molar-refractivity contribution in [1.29, 1.82) is 0 Å². The Morgan fingerprint density at radius 2 is 1.92 bits per heavy atom. The highest BCUT2D eigenvalue weighted by Crippen LogP contribution is 2.25. The Hall–Kier alpha value is -2.30. The molecule has 26 heavy (non-hydrogen) atoms. The van der Waals surface area contributed by atoms with Gasteiger partial charge in [0.05, 0.1) is 5.25 Å². The van der Waals surface area contributed by atoms with Crippen molar-refractivity contribution in [3.05, 3.63) is 24.3 Å². The second-order valence-electron chi connectivity index (χ2n) is 5.86. The minimum Gasteiger partial charge on any atom is -0.406 e. The van der Waals surface area contributed by atoms with Crippen molar-refractivity contribution in [2.75, 3.05) is 5.32 Å². The van der Waals surface area contributed by atoms with E-state index in [0.29, 0.717) is 23.3 Å². The number of anilines is 1. The summed E-state index contributed by atoms with van der Waals surface area (Å²) in [5.41, 5.74) is 0.360. The average Bonchev–Trinajstić information content (AvgIpc) is 2.94. The van der Waals surface area contributed by atoms with Gasteiger partial charge in [-0.25, -0.2) is 4.68 Å². The van der Waals surface area contributed by atoms with E-state index in [0.717, 1.165) is 12.1 Å². The Kier molecular flexibility index (Phi) is 6.46. The first-order valence-corrected chi connectivity index (χ1v) is 8.61. The molecule has 2 aromatic rings. The summed E-state index contributed by atoms with van der Waals surface area (Å²) in [7, 11) is 0. The zero-order valence-electron chi connectivity index (χ0n) is 14.3. The number of aromatic nitrogens is 4. The van der Waals surface area contributed by atoms with Crippen LogP contribution in [0.25, 0.3) is 0 Å². The second kappa shape index (κ2) is 8.39. The number of carbonyl (C=O) groups is 1. The monoisotopic (exact) mass is 389 g/mol. The summed E-state index contributed by atoms with van der Waals surface area (Å²) in [5, 5.41) is 14.1. The van der Waals surface area contributed by atoms with Crippen LogP contribution in [0.3, 0.4) is 0 Å². The van der Waals surface area contributed by atoms with Gasteiger partial charge in [0.2, 0.25) is 11.1 Å². The van der Waals surface area contributed by atoms with E-state index >= 15 is 0 Å². The lowest BCUT2D eigenvalue weighted by molar-refractivity contribution is -0.274. The molecule has 0 saturated heterocycles. The summed E-state index contributed by atoms with van der Waals surface area (Å²) in [6, 6.07) is 4.92. The molecule has 0 aliphatic carbocycles. The minimum absolute atomic E-state index is 0.321. The molecule has 0 radical (unpaired) electrons. The third-order valence-corrected chi connectivity index (χ3v) is 4.11. The summed E-state index contributed by atoms with van der Waals surface area (Å²) >= 11 is 1.20. The van der Waals surface area contributed by atoms with Gasteiger partial charge in [0.25, 0.3) is 0 Å². The Morgan fingerprint density at radius 1 is 1.27 bits per heavy atom. The van der Waals surface area contributed by atoms with Gasteiger partial charge in [0.1, 0.15) is 5.75 Å². The predicted molar refractivity (Wildman–Crippen MR) is 89.7 cm³/mol. The quantitative estimate of drug-likeness (QED) is 0.732. The minimum atomic E-state index is -4.75. The Labute approximate surface area is 152 Å². The molecule has 11 heteroatoms. The van der Waals surface area contributed by atoms with Crippen LogP contribution < -0.4 is 10.1 Å². The lowest BCUT2D eigenvalue weighted by Gasteiger charge is -2.13. The van der Waals surface area contributed by atoms with Crippen molar-refractivity contribution >= 4 is 23.4 Å². The van der Waals surface area contributed by atoms with Gasteiger partial charge in [0, 0.05) is 12.2 Å². The summed E-state index contributed by atoms with van der Waals surface area (Å²) in [4.78, 5) is 12.3. The molecule has 1 atom stereocenters. The van der Waals surface area contributed by atoms with Crippen LogP contribution in [-0.4, -0.2) is 37.7 Å². The first-order chi connectivity index (χ1) is 12.1. The zero-order chi connectivity index (χ0) is 19.3. The van der Waals surface area contributed by atoms with Crippen LogP contribution in [-0.2, 0) is 11.3 Å². The van der Waals surface area contributed by atoms with Gasteiger partial charge in [-0.1, -0.05) is 25.6 Å². The lowest BCUT2D eigenvalue weighted by Crippen LogP contribution is -2.23. The molecule has 142 valence electrons. The molecule has 1 N–H and O–H groups in total.